The summed E-state index contributed by atoms with van der Waals surface area (Å²) in [4.78, 5) is 26.2. The number of carboxylic acids is 1. The Bertz CT molecular complexity index is 1100. The highest BCUT2D eigenvalue weighted by molar-refractivity contribution is 7.87. The summed E-state index contributed by atoms with van der Waals surface area (Å²) in [6.07, 6.45) is 0.193. The molecule has 1 heterocycles. The molecule has 1 amide bonds. The second kappa shape index (κ2) is 8.23. The van der Waals surface area contributed by atoms with Crippen LogP contribution in [0.3, 0.4) is 0 Å². The number of halogens is 1. The number of carbonyl (C=O) groups excluding carboxylic acids is 1. The third kappa shape index (κ3) is 4.31. The number of amides is 1. The first-order valence-electron chi connectivity index (χ1n) is 9.85. The van der Waals surface area contributed by atoms with E-state index < -0.39 is 27.6 Å². The highest BCUT2D eigenvalue weighted by Crippen LogP contribution is 2.52. The fourth-order valence-electron chi connectivity index (χ4n) is 3.97. The lowest BCUT2D eigenvalue weighted by molar-refractivity contribution is -0.140. The van der Waals surface area contributed by atoms with Crippen molar-refractivity contribution in [2.24, 2.45) is 0 Å². The number of nitrogens with zero attached hydrogens (tertiary/aromatic N) is 2. The standard InChI is InChI=1S/C21H22ClN3O5S/c22-17-8-4-7-16(13-17)19(26)24-9-11-25(12-10-24)31(29,30)23-21(20(27)28)14-18(21)15-5-2-1-3-6-15/h1-8,13,18,23H,9-12,14H2,(H,27,28). The number of carbonyl (C=O) groups is 2. The fraction of sp³-hybridized carbons (Fsp3) is 0.333. The minimum Gasteiger partial charge on any atom is -0.480 e. The lowest BCUT2D eigenvalue weighted by Crippen LogP contribution is -2.56. The Hall–Kier alpha value is -2.46. The van der Waals surface area contributed by atoms with Crippen LogP contribution in [0.15, 0.2) is 54.6 Å². The number of aliphatic carboxylic acids is 1. The second-order valence-corrected chi connectivity index (χ2v) is 9.86. The number of benzene rings is 2. The Kier molecular flexibility index (Phi) is 5.78. The Morgan fingerprint density at radius 2 is 1.71 bits per heavy atom. The van der Waals surface area contributed by atoms with E-state index in [4.69, 9.17) is 11.6 Å². The fourth-order valence-corrected chi connectivity index (χ4v) is 5.71. The van der Waals surface area contributed by atoms with Crippen LogP contribution in [0, 0.1) is 0 Å². The first kappa shape index (κ1) is 21.8. The zero-order valence-corrected chi connectivity index (χ0v) is 18.1. The lowest BCUT2D eigenvalue weighted by Gasteiger charge is -2.34. The molecule has 31 heavy (non-hydrogen) atoms. The van der Waals surface area contributed by atoms with Crippen LogP contribution in [-0.4, -0.2) is 66.3 Å². The van der Waals surface area contributed by atoms with E-state index in [0.29, 0.717) is 10.6 Å². The summed E-state index contributed by atoms with van der Waals surface area (Å²) in [6.45, 7) is 0.559. The van der Waals surface area contributed by atoms with Crippen molar-refractivity contribution < 1.29 is 23.1 Å². The number of carboxylic acid groups (broad SMARTS) is 1. The lowest BCUT2D eigenvalue weighted by atomic mass is 10.1. The SMILES string of the molecule is O=C(c1cccc(Cl)c1)N1CCN(S(=O)(=O)NC2(C(=O)O)CC2c2ccccc2)CC1. The summed E-state index contributed by atoms with van der Waals surface area (Å²) in [6, 6.07) is 15.6. The molecule has 10 heteroatoms. The molecule has 2 aromatic rings. The molecule has 4 rings (SSSR count). The van der Waals surface area contributed by atoms with Crippen molar-refractivity contribution in [2.75, 3.05) is 26.2 Å². The maximum Gasteiger partial charge on any atom is 0.325 e. The van der Waals surface area contributed by atoms with E-state index in [9.17, 15) is 23.1 Å². The first-order valence-corrected chi connectivity index (χ1v) is 11.7. The molecule has 1 saturated carbocycles. The summed E-state index contributed by atoms with van der Waals surface area (Å²) in [5, 5.41) is 10.2. The molecule has 2 aromatic carbocycles. The predicted octanol–water partition coefficient (Wildman–Crippen LogP) is 1.94. The number of nitrogens with one attached hydrogen (secondary N) is 1. The monoisotopic (exact) mass is 463 g/mol. The molecule has 2 fully saturated rings. The Balaban J connectivity index is 1.42. The summed E-state index contributed by atoms with van der Waals surface area (Å²) in [5.41, 5.74) is -0.325. The van der Waals surface area contributed by atoms with Gasteiger partial charge in [-0.2, -0.15) is 17.4 Å². The van der Waals surface area contributed by atoms with Gasteiger partial charge >= 0.3 is 5.97 Å². The normalized spacial score (nSPS) is 24.0. The third-order valence-corrected chi connectivity index (χ3v) is 7.70. The van der Waals surface area contributed by atoms with Crippen LogP contribution in [-0.2, 0) is 15.0 Å². The molecule has 0 bridgehead atoms. The topological polar surface area (TPSA) is 107 Å². The third-order valence-electron chi connectivity index (χ3n) is 5.79. The Morgan fingerprint density at radius 1 is 1.03 bits per heavy atom. The van der Waals surface area contributed by atoms with Crippen molar-refractivity contribution in [3.63, 3.8) is 0 Å². The summed E-state index contributed by atoms with van der Waals surface area (Å²) >= 11 is 5.95. The Morgan fingerprint density at radius 3 is 2.32 bits per heavy atom. The predicted molar refractivity (Wildman–Crippen MR) is 115 cm³/mol. The maximum atomic E-state index is 12.9. The van der Waals surface area contributed by atoms with E-state index in [1.165, 1.54) is 4.31 Å². The molecule has 2 atom stereocenters. The van der Waals surface area contributed by atoms with Crippen molar-refractivity contribution in [3.05, 3.63) is 70.7 Å². The van der Waals surface area contributed by atoms with Crippen molar-refractivity contribution in [3.8, 4) is 0 Å². The number of rotatable bonds is 6. The van der Waals surface area contributed by atoms with Crippen LogP contribution in [0.2, 0.25) is 5.02 Å². The van der Waals surface area contributed by atoms with Gasteiger partial charge in [0.15, 0.2) is 0 Å². The molecule has 0 aromatic heterocycles. The van der Waals surface area contributed by atoms with Gasteiger partial charge in [-0.3, -0.25) is 9.59 Å². The van der Waals surface area contributed by atoms with Gasteiger partial charge in [0.05, 0.1) is 0 Å². The maximum absolute atomic E-state index is 12.9. The van der Waals surface area contributed by atoms with Crippen LogP contribution < -0.4 is 4.72 Å². The molecule has 0 radical (unpaired) electrons. The molecule has 8 nitrogen and oxygen atoms in total. The average molecular weight is 464 g/mol. The van der Waals surface area contributed by atoms with Crippen molar-refractivity contribution in [1.29, 1.82) is 0 Å². The van der Waals surface area contributed by atoms with Gasteiger partial charge in [0.2, 0.25) is 0 Å². The van der Waals surface area contributed by atoms with Crippen LogP contribution in [0.5, 0.6) is 0 Å². The number of piperazine rings is 1. The summed E-state index contributed by atoms with van der Waals surface area (Å²) in [7, 11) is -4.04. The van der Waals surface area contributed by atoms with Crippen LogP contribution in [0.1, 0.15) is 28.3 Å². The van der Waals surface area contributed by atoms with E-state index in [-0.39, 0.29) is 38.5 Å². The van der Waals surface area contributed by atoms with Gasteiger partial charge in [-0.15, -0.1) is 0 Å². The van der Waals surface area contributed by atoms with E-state index in [2.05, 4.69) is 4.72 Å². The van der Waals surface area contributed by atoms with E-state index in [1.807, 2.05) is 6.07 Å². The van der Waals surface area contributed by atoms with Crippen molar-refractivity contribution >= 4 is 33.7 Å². The van der Waals surface area contributed by atoms with Crippen LogP contribution >= 0.6 is 11.6 Å². The van der Waals surface area contributed by atoms with Crippen LogP contribution in [0.25, 0.3) is 0 Å². The second-order valence-electron chi connectivity index (χ2n) is 7.75. The smallest absolute Gasteiger partial charge is 0.325 e. The van der Waals surface area contributed by atoms with E-state index in [1.54, 1.807) is 53.4 Å². The summed E-state index contributed by atoms with van der Waals surface area (Å²) < 4.78 is 29.5. The largest absolute Gasteiger partial charge is 0.480 e. The van der Waals surface area contributed by atoms with Gasteiger partial charge in [-0.05, 0) is 30.2 Å². The van der Waals surface area contributed by atoms with Gasteiger partial charge in [-0.1, -0.05) is 48.0 Å². The highest BCUT2D eigenvalue weighted by atomic mass is 35.5. The van der Waals surface area contributed by atoms with Gasteiger partial charge in [0.1, 0.15) is 5.54 Å². The summed E-state index contributed by atoms with van der Waals surface area (Å²) in [5.74, 6) is -1.84. The van der Waals surface area contributed by atoms with Crippen molar-refractivity contribution in [2.45, 2.75) is 17.9 Å². The number of hydrogen-bond acceptors (Lipinski definition) is 4. The molecule has 2 N–H and O–H groups in total. The van der Waals surface area contributed by atoms with E-state index >= 15 is 0 Å². The van der Waals surface area contributed by atoms with Gasteiger partial charge in [0, 0.05) is 42.7 Å². The molecule has 2 unspecified atom stereocenters. The van der Waals surface area contributed by atoms with Gasteiger partial charge in [0.25, 0.3) is 16.1 Å². The molecule has 1 saturated heterocycles. The first-order chi connectivity index (χ1) is 14.7. The van der Waals surface area contributed by atoms with Crippen molar-refractivity contribution in [1.82, 2.24) is 13.9 Å². The molecule has 1 aliphatic heterocycles. The zero-order valence-electron chi connectivity index (χ0n) is 16.6. The molecular formula is C21H22ClN3O5S. The van der Waals surface area contributed by atoms with Gasteiger partial charge < -0.3 is 10.0 Å². The highest BCUT2D eigenvalue weighted by Gasteiger charge is 2.63. The quantitative estimate of drug-likeness (QED) is 0.680. The zero-order chi connectivity index (χ0) is 22.2. The molecule has 164 valence electrons. The van der Waals surface area contributed by atoms with E-state index in [0.717, 1.165) is 5.56 Å². The number of hydrogen-bond donors (Lipinski definition) is 2. The molecular weight excluding hydrogens is 442 g/mol. The van der Waals surface area contributed by atoms with Gasteiger partial charge in [-0.25, -0.2) is 0 Å². The molecule has 1 aliphatic carbocycles. The Labute approximate surface area is 185 Å². The minimum atomic E-state index is -4.04. The minimum absolute atomic E-state index is 0.0767. The molecule has 0 spiro atoms. The average Bonchev–Trinajstić information content (AvgIpc) is 3.49. The molecule has 2 aliphatic rings. The van der Waals surface area contributed by atoms with Crippen LogP contribution in [0.4, 0.5) is 0 Å².